The van der Waals surface area contributed by atoms with Crippen LogP contribution in [0.25, 0.3) is 0 Å². The first-order valence-corrected chi connectivity index (χ1v) is 14.5. The molecule has 0 aliphatic rings. The van der Waals surface area contributed by atoms with Crippen LogP contribution in [0.3, 0.4) is 0 Å². The Morgan fingerprint density at radius 3 is 1.53 bits per heavy atom. The van der Waals surface area contributed by atoms with Crippen molar-refractivity contribution in [2.75, 3.05) is 13.1 Å². The number of rotatable bonds is 18. The average Bonchev–Trinajstić information content (AvgIpc) is 2.90. The molecule has 10 N–H and O–H groups in total. The van der Waals surface area contributed by atoms with Gasteiger partial charge in [0.05, 0.1) is 18.4 Å². The van der Waals surface area contributed by atoms with Crippen LogP contribution >= 0.6 is 0 Å². The number of nitrogens with two attached hydrogens (primary N) is 1. The minimum Gasteiger partial charge on any atom is -0.444 e. The molecule has 0 bridgehead atoms. The number of nitrogens with one attached hydrogen (secondary N) is 7. The molecule has 0 aliphatic carbocycles. The lowest BCUT2D eigenvalue weighted by Gasteiger charge is -2.26. The number of hydrogen-bond donors (Lipinski definition) is 9. The molecule has 45 heavy (non-hydrogen) atoms. The molecule has 0 heterocycles. The van der Waals surface area contributed by atoms with E-state index in [4.69, 9.17) is 26.0 Å². The molecule has 0 spiro atoms. The van der Waals surface area contributed by atoms with Crippen LogP contribution in [-0.2, 0) is 28.7 Å². The fourth-order valence-electron chi connectivity index (χ4n) is 3.47. The molecule has 0 saturated heterocycles. The average molecular weight is 643 g/mol. The van der Waals surface area contributed by atoms with E-state index in [0.717, 1.165) is 6.21 Å². The van der Waals surface area contributed by atoms with Crippen LogP contribution in [0.2, 0.25) is 0 Å². The highest BCUT2D eigenvalue weighted by Crippen LogP contribution is 2.08. The smallest absolute Gasteiger partial charge is 0.407 e. The van der Waals surface area contributed by atoms with Crippen LogP contribution in [-0.4, -0.2) is 108 Å². The maximum atomic E-state index is 13.3. The number of Topliss-reactive ketones (excluding diaryl/α,β-unsaturated/α-hetero) is 1. The van der Waals surface area contributed by atoms with E-state index in [9.17, 15) is 33.9 Å². The van der Waals surface area contributed by atoms with Gasteiger partial charge < -0.3 is 57.7 Å². The molecule has 0 aromatic heterocycles. The van der Waals surface area contributed by atoms with Crippen molar-refractivity contribution in [3.63, 3.8) is 0 Å². The fraction of sp³-hybridized carbons (Fsp3) is 0.714. The zero-order valence-electron chi connectivity index (χ0n) is 27.1. The molecule has 5 amide bonds. The summed E-state index contributed by atoms with van der Waals surface area (Å²) in [5, 5.41) is 36.7. The van der Waals surface area contributed by atoms with Crippen LogP contribution in [0.1, 0.15) is 74.1 Å². The van der Waals surface area contributed by atoms with Crippen molar-refractivity contribution >= 4 is 48.1 Å². The van der Waals surface area contributed by atoms with Gasteiger partial charge in [-0.2, -0.15) is 0 Å². The third kappa shape index (κ3) is 18.3. The summed E-state index contributed by atoms with van der Waals surface area (Å²) < 4.78 is 10.3. The zero-order chi connectivity index (χ0) is 35.0. The number of amides is 5. The summed E-state index contributed by atoms with van der Waals surface area (Å²) in [5.41, 5.74) is 4.16. The molecule has 0 radical (unpaired) electrons. The van der Waals surface area contributed by atoms with Crippen LogP contribution in [0.4, 0.5) is 9.59 Å². The summed E-state index contributed by atoms with van der Waals surface area (Å²) >= 11 is 0. The lowest BCUT2D eigenvalue weighted by Crippen LogP contribution is -2.58. The summed E-state index contributed by atoms with van der Waals surface area (Å²) in [6, 6.07) is -5.23. The van der Waals surface area contributed by atoms with Gasteiger partial charge in [-0.25, -0.2) is 9.59 Å². The second kappa shape index (κ2) is 19.3. The van der Waals surface area contributed by atoms with Gasteiger partial charge in [-0.1, -0.05) is 0 Å². The molecule has 0 aliphatic heterocycles. The number of ketones is 1. The Hall–Kier alpha value is -4.12. The lowest BCUT2D eigenvalue weighted by molar-refractivity contribution is -0.133. The number of aliphatic hydroxyl groups is 1. The van der Waals surface area contributed by atoms with Crippen LogP contribution in [0.5, 0.6) is 0 Å². The number of alkyl carbamates (subject to hydrolysis) is 2. The summed E-state index contributed by atoms with van der Waals surface area (Å²) in [5.74, 6) is -3.30. The van der Waals surface area contributed by atoms with E-state index in [0.29, 0.717) is 6.21 Å². The van der Waals surface area contributed by atoms with Crippen molar-refractivity contribution in [2.24, 2.45) is 5.73 Å². The van der Waals surface area contributed by atoms with Crippen molar-refractivity contribution < 1.29 is 43.3 Å². The molecule has 17 nitrogen and oxygen atoms in total. The third-order valence-corrected chi connectivity index (χ3v) is 5.69. The predicted molar refractivity (Wildman–Crippen MR) is 165 cm³/mol. The maximum Gasteiger partial charge on any atom is 0.407 e. The van der Waals surface area contributed by atoms with E-state index in [2.05, 4.69) is 26.6 Å². The van der Waals surface area contributed by atoms with Crippen LogP contribution in [0, 0.1) is 10.8 Å². The van der Waals surface area contributed by atoms with Crippen molar-refractivity contribution in [2.45, 2.75) is 116 Å². The van der Waals surface area contributed by atoms with Crippen molar-refractivity contribution in [1.82, 2.24) is 26.6 Å². The molecule has 17 heteroatoms. The van der Waals surface area contributed by atoms with Gasteiger partial charge in [0.15, 0.2) is 5.78 Å². The summed E-state index contributed by atoms with van der Waals surface area (Å²) in [6.45, 7) is 11.1. The van der Waals surface area contributed by atoms with Crippen LogP contribution < -0.4 is 32.3 Å². The standard InChI is InChI=1S/C28H50N8O9/c1-16(37)21(31)24(41)36-19(11-14-33-26(43)45-28(5,6)7)23(40)35-18(9-8-12-29)22(39)34-17(20(38)15-30)10-13-32-25(42)44-27(2,3)4/h12,15-19,21,29-30,37H,8-11,13-14,31H2,1-7H3,(H,32,42)(H,33,43)(H,34,39)(H,35,40)(H,36,41)/t16?,17-,18-,19-,21-/m0/s1. The minimum absolute atomic E-state index is 0.0614. The van der Waals surface area contributed by atoms with Gasteiger partial charge in [0, 0.05) is 13.1 Å². The SMILES string of the molecule is CC(O)[C@H](N)C(=O)N[C@@H](CCNC(=O)OC(C)(C)C)C(=O)N[C@@H](CCC=N)C(=O)N[C@@H](CCNC(=O)OC(C)(C)C)C(=O)C=N. The van der Waals surface area contributed by atoms with E-state index in [-0.39, 0.29) is 38.8 Å². The van der Waals surface area contributed by atoms with E-state index in [1.165, 1.54) is 6.92 Å². The zero-order valence-corrected chi connectivity index (χ0v) is 27.1. The Kier molecular flexibility index (Phi) is 17.5. The first kappa shape index (κ1) is 40.9. The first-order valence-electron chi connectivity index (χ1n) is 14.5. The van der Waals surface area contributed by atoms with Gasteiger partial charge in [0.25, 0.3) is 0 Å². The Bertz CT molecular complexity index is 1050. The van der Waals surface area contributed by atoms with E-state index in [1.807, 2.05) is 0 Å². The van der Waals surface area contributed by atoms with Crippen molar-refractivity contribution in [3.8, 4) is 0 Å². The first-order chi connectivity index (χ1) is 20.7. The maximum absolute atomic E-state index is 13.3. The molecular weight excluding hydrogens is 592 g/mol. The molecule has 1 unspecified atom stereocenters. The quantitative estimate of drug-likeness (QED) is 0.0875. The normalized spacial score (nSPS) is 14.7. The highest BCUT2D eigenvalue weighted by Gasteiger charge is 2.31. The molecule has 256 valence electrons. The Morgan fingerprint density at radius 2 is 1.13 bits per heavy atom. The second-order valence-corrected chi connectivity index (χ2v) is 12.2. The molecule has 0 saturated carbocycles. The van der Waals surface area contributed by atoms with Gasteiger partial charge in [-0.05, 0) is 80.4 Å². The highest BCUT2D eigenvalue weighted by molar-refractivity contribution is 6.29. The van der Waals surface area contributed by atoms with E-state index < -0.39 is 77.2 Å². The third-order valence-electron chi connectivity index (χ3n) is 5.69. The molecule has 0 aromatic rings. The van der Waals surface area contributed by atoms with Gasteiger partial charge >= 0.3 is 12.2 Å². The second-order valence-electron chi connectivity index (χ2n) is 12.2. The van der Waals surface area contributed by atoms with Crippen LogP contribution in [0.15, 0.2) is 0 Å². The molecular formula is C28H50N8O9. The van der Waals surface area contributed by atoms with E-state index >= 15 is 0 Å². The monoisotopic (exact) mass is 642 g/mol. The van der Waals surface area contributed by atoms with E-state index in [1.54, 1.807) is 41.5 Å². The fourth-order valence-corrected chi connectivity index (χ4v) is 3.47. The number of carbonyl (C=O) groups is 6. The number of aliphatic hydroxyl groups excluding tert-OH is 1. The van der Waals surface area contributed by atoms with Crippen molar-refractivity contribution in [1.29, 1.82) is 10.8 Å². The summed E-state index contributed by atoms with van der Waals surface area (Å²) in [4.78, 5) is 75.5. The Morgan fingerprint density at radius 1 is 0.733 bits per heavy atom. The highest BCUT2D eigenvalue weighted by atomic mass is 16.6. The number of ether oxygens (including phenoxy) is 2. The summed E-state index contributed by atoms with van der Waals surface area (Å²) in [7, 11) is 0. The molecule has 0 fully saturated rings. The van der Waals surface area contributed by atoms with Gasteiger partial charge in [0.1, 0.15) is 29.3 Å². The number of carbonyl (C=O) groups excluding carboxylic acids is 6. The van der Waals surface area contributed by atoms with Gasteiger partial charge in [-0.3, -0.25) is 19.2 Å². The largest absolute Gasteiger partial charge is 0.444 e. The topological polar surface area (TPSA) is 275 Å². The Balaban J connectivity index is 5.75. The predicted octanol–water partition coefficient (Wildman–Crippen LogP) is -0.373. The molecule has 5 atom stereocenters. The number of hydrogen-bond acceptors (Lipinski definition) is 12. The Labute approximate surface area is 263 Å². The minimum atomic E-state index is -1.38. The summed E-state index contributed by atoms with van der Waals surface area (Å²) in [6.07, 6.45) is -1.48. The molecule has 0 aromatic carbocycles. The molecule has 0 rings (SSSR count). The lowest BCUT2D eigenvalue weighted by atomic mass is 10.1. The van der Waals surface area contributed by atoms with Gasteiger partial charge in [-0.15, -0.1) is 0 Å². The van der Waals surface area contributed by atoms with Crippen molar-refractivity contribution in [3.05, 3.63) is 0 Å². The van der Waals surface area contributed by atoms with Gasteiger partial charge in [0.2, 0.25) is 17.7 Å².